The largest absolute Gasteiger partial charge is 0.493 e. The number of ether oxygens (including phenoxy) is 2. The fourth-order valence-electron chi connectivity index (χ4n) is 3.79. The number of amides is 1. The lowest BCUT2D eigenvalue weighted by atomic mass is 10.1. The van der Waals surface area contributed by atoms with E-state index in [-0.39, 0.29) is 11.5 Å². The average molecular weight is 475 g/mol. The molecule has 0 spiro atoms. The van der Waals surface area contributed by atoms with Crippen LogP contribution in [0.2, 0.25) is 5.02 Å². The number of anilines is 1. The van der Waals surface area contributed by atoms with Gasteiger partial charge in [0.1, 0.15) is 0 Å². The quantitative estimate of drug-likeness (QED) is 0.381. The van der Waals surface area contributed by atoms with Gasteiger partial charge in [-0.1, -0.05) is 11.6 Å². The second kappa shape index (κ2) is 8.57. The van der Waals surface area contributed by atoms with Gasteiger partial charge in [-0.05, 0) is 54.6 Å². The molecule has 2 aromatic heterocycles. The van der Waals surface area contributed by atoms with Crippen LogP contribution in [-0.4, -0.2) is 34.9 Å². The topological polar surface area (TPSA) is 98.2 Å². The van der Waals surface area contributed by atoms with Gasteiger partial charge in [-0.25, -0.2) is 4.68 Å². The van der Waals surface area contributed by atoms with Crippen molar-refractivity contribution in [2.24, 2.45) is 0 Å². The molecular formula is C25H19ClN4O4. The van der Waals surface area contributed by atoms with Crippen LogP contribution in [0, 0.1) is 0 Å². The number of aromatic amines is 1. The van der Waals surface area contributed by atoms with Crippen molar-refractivity contribution in [3.8, 4) is 17.2 Å². The summed E-state index contributed by atoms with van der Waals surface area (Å²) < 4.78 is 12.0. The summed E-state index contributed by atoms with van der Waals surface area (Å²) in [6.07, 6.45) is 1.53. The minimum absolute atomic E-state index is 0.244. The van der Waals surface area contributed by atoms with Gasteiger partial charge < -0.3 is 14.8 Å². The fraction of sp³-hybridized carbons (Fsp3) is 0.0800. The van der Waals surface area contributed by atoms with E-state index < -0.39 is 0 Å². The van der Waals surface area contributed by atoms with Gasteiger partial charge in [-0.15, -0.1) is 0 Å². The van der Waals surface area contributed by atoms with Crippen LogP contribution >= 0.6 is 11.6 Å². The number of H-pyrrole nitrogens is 1. The zero-order valence-corrected chi connectivity index (χ0v) is 19.0. The summed E-state index contributed by atoms with van der Waals surface area (Å²) in [7, 11) is 3.08. The van der Waals surface area contributed by atoms with Gasteiger partial charge in [0.15, 0.2) is 11.5 Å². The third kappa shape index (κ3) is 3.74. The van der Waals surface area contributed by atoms with E-state index in [4.69, 9.17) is 21.1 Å². The lowest BCUT2D eigenvalue weighted by molar-refractivity contribution is 0.102. The Morgan fingerprint density at radius 1 is 0.971 bits per heavy atom. The van der Waals surface area contributed by atoms with Crippen molar-refractivity contribution in [2.45, 2.75) is 0 Å². The van der Waals surface area contributed by atoms with Crippen molar-refractivity contribution in [2.75, 3.05) is 19.5 Å². The van der Waals surface area contributed by atoms with Crippen LogP contribution in [0.4, 0.5) is 5.69 Å². The van der Waals surface area contributed by atoms with Gasteiger partial charge in [0.25, 0.3) is 11.5 Å². The molecule has 0 atom stereocenters. The SMILES string of the molecule is COc1ccc(NC(=O)c2ccc3ncc4c(=O)n(-c5ccc(Cl)cc5)[nH]c4c3c2)cc1OC. The molecule has 5 aromatic rings. The van der Waals surface area contributed by atoms with Crippen LogP contribution in [0.1, 0.15) is 10.4 Å². The Labute approximate surface area is 198 Å². The molecule has 5 rings (SSSR count). The molecule has 2 N–H and O–H groups in total. The third-order valence-electron chi connectivity index (χ3n) is 5.51. The third-order valence-corrected chi connectivity index (χ3v) is 5.77. The number of pyridine rings is 1. The molecule has 34 heavy (non-hydrogen) atoms. The summed E-state index contributed by atoms with van der Waals surface area (Å²) in [5, 5.41) is 7.65. The highest BCUT2D eigenvalue weighted by Gasteiger charge is 2.15. The maximum Gasteiger partial charge on any atom is 0.280 e. The molecule has 0 aliphatic rings. The summed E-state index contributed by atoms with van der Waals surface area (Å²) in [5.41, 5.74) is 2.61. The maximum absolute atomic E-state index is 13.0. The second-order valence-corrected chi connectivity index (χ2v) is 7.97. The summed E-state index contributed by atoms with van der Waals surface area (Å²) in [6.45, 7) is 0. The molecular weight excluding hydrogens is 456 g/mol. The molecule has 0 fully saturated rings. The lowest BCUT2D eigenvalue weighted by Gasteiger charge is -2.11. The average Bonchev–Trinajstić information content (AvgIpc) is 3.20. The molecule has 0 aliphatic carbocycles. The summed E-state index contributed by atoms with van der Waals surface area (Å²) in [5.74, 6) is 0.755. The Morgan fingerprint density at radius 3 is 2.47 bits per heavy atom. The standard InChI is InChI=1S/C25H19ClN4O4/c1-33-21-10-6-16(12-22(21)34-2)28-24(31)14-3-9-20-18(11-14)23-19(13-27-20)25(32)30(29-23)17-7-4-15(26)5-8-17/h3-13,29H,1-2H3,(H,28,31). The predicted octanol–water partition coefficient (Wildman–Crippen LogP) is 4.79. The molecule has 0 bridgehead atoms. The first-order valence-electron chi connectivity index (χ1n) is 10.3. The van der Waals surface area contributed by atoms with Gasteiger partial charge in [0.05, 0.1) is 36.3 Å². The van der Waals surface area contributed by atoms with Gasteiger partial charge in [-0.3, -0.25) is 19.7 Å². The number of carbonyl (C=O) groups is 1. The van der Waals surface area contributed by atoms with Crippen LogP contribution in [0.15, 0.2) is 71.7 Å². The number of hydrogen-bond donors (Lipinski definition) is 2. The first-order chi connectivity index (χ1) is 16.5. The highest BCUT2D eigenvalue weighted by molar-refractivity contribution is 6.30. The lowest BCUT2D eigenvalue weighted by Crippen LogP contribution is -2.14. The smallest absolute Gasteiger partial charge is 0.280 e. The number of carbonyl (C=O) groups excluding carboxylic acids is 1. The Morgan fingerprint density at radius 2 is 1.74 bits per heavy atom. The normalized spacial score (nSPS) is 11.0. The Kier molecular flexibility index (Phi) is 5.43. The van der Waals surface area contributed by atoms with Crippen molar-refractivity contribution < 1.29 is 14.3 Å². The number of nitrogens with zero attached hydrogens (tertiary/aromatic N) is 2. The minimum atomic E-state index is -0.314. The molecule has 3 aromatic carbocycles. The van der Waals surface area contributed by atoms with E-state index >= 15 is 0 Å². The van der Waals surface area contributed by atoms with Crippen LogP contribution < -0.4 is 20.3 Å². The summed E-state index contributed by atoms with van der Waals surface area (Å²) in [6, 6.07) is 17.2. The number of methoxy groups -OCH3 is 2. The number of fused-ring (bicyclic) bond motifs is 3. The molecule has 2 heterocycles. The Bertz CT molecular complexity index is 1610. The van der Waals surface area contributed by atoms with E-state index in [2.05, 4.69) is 15.4 Å². The van der Waals surface area contributed by atoms with E-state index in [9.17, 15) is 9.59 Å². The van der Waals surface area contributed by atoms with E-state index in [0.717, 1.165) is 0 Å². The Hall–Kier alpha value is -4.30. The van der Waals surface area contributed by atoms with E-state index in [1.54, 1.807) is 67.8 Å². The minimum Gasteiger partial charge on any atom is -0.493 e. The highest BCUT2D eigenvalue weighted by atomic mass is 35.5. The van der Waals surface area contributed by atoms with Gasteiger partial charge in [-0.2, -0.15) is 0 Å². The summed E-state index contributed by atoms with van der Waals surface area (Å²) >= 11 is 5.97. The molecule has 1 amide bonds. The summed E-state index contributed by atoms with van der Waals surface area (Å²) in [4.78, 5) is 30.4. The number of hydrogen-bond acceptors (Lipinski definition) is 5. The molecule has 8 nitrogen and oxygen atoms in total. The molecule has 0 radical (unpaired) electrons. The van der Waals surface area contributed by atoms with Crippen molar-refractivity contribution in [3.63, 3.8) is 0 Å². The zero-order valence-electron chi connectivity index (χ0n) is 18.3. The maximum atomic E-state index is 13.0. The van der Waals surface area contributed by atoms with Crippen LogP contribution in [0.5, 0.6) is 11.5 Å². The number of rotatable bonds is 5. The van der Waals surface area contributed by atoms with E-state index in [0.29, 0.717) is 55.3 Å². The number of halogens is 1. The molecule has 0 unspecified atom stereocenters. The number of aromatic nitrogens is 3. The second-order valence-electron chi connectivity index (χ2n) is 7.53. The van der Waals surface area contributed by atoms with Gasteiger partial charge in [0.2, 0.25) is 0 Å². The number of benzene rings is 3. The highest BCUT2D eigenvalue weighted by Crippen LogP contribution is 2.30. The fourth-order valence-corrected chi connectivity index (χ4v) is 3.91. The first-order valence-corrected chi connectivity index (χ1v) is 10.7. The molecule has 0 saturated heterocycles. The van der Waals surface area contributed by atoms with Crippen molar-refractivity contribution >= 4 is 45.0 Å². The molecule has 9 heteroatoms. The molecule has 0 aliphatic heterocycles. The van der Waals surface area contributed by atoms with Crippen molar-refractivity contribution in [3.05, 3.63) is 87.8 Å². The van der Waals surface area contributed by atoms with Crippen LogP contribution in [0.3, 0.4) is 0 Å². The number of nitrogens with one attached hydrogen (secondary N) is 2. The van der Waals surface area contributed by atoms with Crippen molar-refractivity contribution in [1.82, 2.24) is 14.8 Å². The first kappa shape index (κ1) is 21.5. The Balaban J connectivity index is 1.55. The molecule has 0 saturated carbocycles. The zero-order chi connectivity index (χ0) is 23.8. The van der Waals surface area contributed by atoms with Crippen LogP contribution in [0.25, 0.3) is 27.5 Å². The van der Waals surface area contributed by atoms with E-state index in [1.807, 2.05) is 0 Å². The predicted molar refractivity (Wildman–Crippen MR) is 132 cm³/mol. The van der Waals surface area contributed by atoms with Crippen molar-refractivity contribution in [1.29, 1.82) is 0 Å². The van der Waals surface area contributed by atoms with E-state index in [1.165, 1.54) is 18.0 Å². The van der Waals surface area contributed by atoms with Gasteiger partial charge in [0, 0.05) is 33.9 Å². The van der Waals surface area contributed by atoms with Gasteiger partial charge >= 0.3 is 0 Å². The molecule has 170 valence electrons. The monoisotopic (exact) mass is 474 g/mol. The van der Waals surface area contributed by atoms with Crippen LogP contribution in [-0.2, 0) is 0 Å².